The number of hydrogen-bond donors (Lipinski definition) is 1. The molecule has 1 aliphatic heterocycles. The molecule has 0 fully saturated rings. The Balaban J connectivity index is 2.24. The number of halogens is 1. The van der Waals surface area contributed by atoms with E-state index in [1.807, 2.05) is 12.1 Å². The molecule has 2 aromatic rings. The monoisotopic (exact) mass is 398 g/mol. The van der Waals surface area contributed by atoms with Crippen molar-refractivity contribution in [1.82, 2.24) is 4.57 Å². The number of aromatic hydroxyl groups is 1. The normalized spacial score (nSPS) is 13.4. The van der Waals surface area contributed by atoms with Crippen molar-refractivity contribution in [3.8, 4) is 5.88 Å². The Morgan fingerprint density at radius 2 is 2.27 bits per heavy atom. The Bertz CT molecular complexity index is 946. The first kappa shape index (κ1) is 15.5. The predicted octanol–water partition coefficient (Wildman–Crippen LogP) is 1.75. The van der Waals surface area contributed by atoms with Gasteiger partial charge in [0.15, 0.2) is 3.95 Å². The number of thiazole rings is 1. The third-order valence-electron chi connectivity index (χ3n) is 3.28. The first-order chi connectivity index (χ1) is 10.5. The maximum atomic E-state index is 12.2. The number of nitrogens with zero attached hydrogens (tertiary/aromatic N) is 2. The van der Waals surface area contributed by atoms with Crippen molar-refractivity contribution < 1.29 is 14.6 Å². The number of ether oxygens (including phenoxy) is 1. The van der Waals surface area contributed by atoms with Gasteiger partial charge in [0.05, 0.1) is 24.1 Å². The van der Waals surface area contributed by atoms with E-state index in [1.54, 1.807) is 17.7 Å². The van der Waals surface area contributed by atoms with E-state index >= 15 is 0 Å². The highest BCUT2D eigenvalue weighted by Crippen LogP contribution is 2.32. The maximum absolute atomic E-state index is 12.2. The van der Waals surface area contributed by atoms with Gasteiger partial charge in [-0.15, -0.1) is 11.3 Å². The lowest BCUT2D eigenvalue weighted by Gasteiger charge is -2.04. The minimum Gasteiger partial charge on any atom is -0.493 e. The number of benzene rings is 1. The summed E-state index contributed by atoms with van der Waals surface area (Å²) < 4.78 is 7.91. The highest BCUT2D eigenvalue weighted by molar-refractivity contribution is 9.10. The molecule has 114 valence electrons. The molecule has 5 nitrogen and oxygen atoms in total. The number of carbonyl (C=O) groups excluding carboxylic acids is 1. The number of hydrogen-bond acceptors (Lipinski definition) is 5. The Labute approximate surface area is 143 Å². The van der Waals surface area contributed by atoms with Gasteiger partial charge in [-0.2, -0.15) is 0 Å². The fourth-order valence-corrected chi connectivity index (χ4v) is 4.00. The Kier molecular flexibility index (Phi) is 4.26. The van der Waals surface area contributed by atoms with Crippen LogP contribution in [0, 0.1) is 3.95 Å². The van der Waals surface area contributed by atoms with Gasteiger partial charge >= 0.3 is 0 Å². The minimum absolute atomic E-state index is 0.0153. The molecule has 8 heteroatoms. The minimum atomic E-state index is -0.362. The number of carbonyl (C=O) groups is 1. The van der Waals surface area contributed by atoms with E-state index in [4.69, 9.17) is 17.0 Å². The first-order valence-electron chi connectivity index (χ1n) is 6.37. The van der Waals surface area contributed by atoms with E-state index in [2.05, 4.69) is 20.9 Å². The van der Waals surface area contributed by atoms with Gasteiger partial charge in [0.2, 0.25) is 5.88 Å². The van der Waals surface area contributed by atoms with Crippen LogP contribution in [0.3, 0.4) is 0 Å². The highest BCUT2D eigenvalue weighted by Gasteiger charge is 2.25. The number of fused-ring (bicyclic) bond motifs is 1. The van der Waals surface area contributed by atoms with Crippen LogP contribution in [-0.2, 0) is 16.1 Å². The molecule has 1 amide bonds. The summed E-state index contributed by atoms with van der Waals surface area (Å²) in [4.78, 5) is 16.7. The Morgan fingerprint density at radius 3 is 3.00 bits per heavy atom. The first-order valence-corrected chi connectivity index (χ1v) is 8.39. The van der Waals surface area contributed by atoms with Crippen LogP contribution in [0.1, 0.15) is 4.88 Å². The lowest BCUT2D eigenvalue weighted by Crippen LogP contribution is -2.22. The fraction of sp³-hybridized carbons (Fsp3) is 0.214. The van der Waals surface area contributed by atoms with Gasteiger partial charge in [0, 0.05) is 16.8 Å². The molecule has 0 saturated heterocycles. The van der Waals surface area contributed by atoms with E-state index in [1.165, 1.54) is 11.3 Å². The van der Waals surface area contributed by atoms with Crippen molar-refractivity contribution in [2.45, 2.75) is 6.54 Å². The zero-order chi connectivity index (χ0) is 15.9. The average Bonchev–Trinajstić information content (AvgIpc) is 2.93. The molecule has 0 saturated carbocycles. The predicted molar refractivity (Wildman–Crippen MR) is 89.1 cm³/mol. The molecule has 0 aliphatic carbocycles. The zero-order valence-electron chi connectivity index (χ0n) is 11.5. The van der Waals surface area contributed by atoms with Crippen LogP contribution in [0.2, 0.25) is 0 Å². The fourth-order valence-electron chi connectivity index (χ4n) is 2.25. The molecular formula is C14H11BrN2O3S2. The van der Waals surface area contributed by atoms with Gasteiger partial charge < -0.3 is 9.84 Å². The van der Waals surface area contributed by atoms with Crippen molar-refractivity contribution in [1.29, 1.82) is 0 Å². The number of methoxy groups -OCH3 is 1. The van der Waals surface area contributed by atoms with E-state index < -0.39 is 0 Å². The smallest absolute Gasteiger partial charge is 0.279 e. The zero-order valence-corrected chi connectivity index (χ0v) is 14.7. The van der Waals surface area contributed by atoms with Crippen molar-refractivity contribution >= 4 is 51.0 Å². The van der Waals surface area contributed by atoms with Crippen molar-refractivity contribution in [2.24, 2.45) is 4.99 Å². The summed E-state index contributed by atoms with van der Waals surface area (Å²) in [6.45, 7) is 0.857. The van der Waals surface area contributed by atoms with Gasteiger partial charge in [-0.05, 0) is 30.4 Å². The molecule has 0 bridgehead atoms. The summed E-state index contributed by atoms with van der Waals surface area (Å²) in [6.07, 6.45) is 0. The molecule has 1 aromatic heterocycles. The number of rotatable bonds is 4. The number of aromatic nitrogens is 1. The van der Waals surface area contributed by atoms with Crippen LogP contribution in [0.15, 0.2) is 27.7 Å². The Hall–Kier alpha value is -1.35. The summed E-state index contributed by atoms with van der Waals surface area (Å²) in [5.74, 6) is -0.378. The lowest BCUT2D eigenvalue weighted by molar-refractivity contribution is -0.112. The summed E-state index contributed by atoms with van der Waals surface area (Å²) in [5.41, 5.74) is 0.390. The maximum Gasteiger partial charge on any atom is 0.279 e. The Morgan fingerprint density at radius 1 is 1.50 bits per heavy atom. The topological polar surface area (TPSA) is 63.8 Å². The molecule has 0 radical (unpaired) electrons. The molecule has 1 aliphatic rings. The van der Waals surface area contributed by atoms with Crippen LogP contribution in [-0.4, -0.2) is 29.3 Å². The molecule has 3 rings (SSSR count). The highest BCUT2D eigenvalue weighted by atomic mass is 79.9. The van der Waals surface area contributed by atoms with Gasteiger partial charge in [0.25, 0.3) is 5.91 Å². The van der Waals surface area contributed by atoms with Crippen LogP contribution in [0.25, 0.3) is 5.57 Å². The number of amides is 1. The second-order valence-corrected chi connectivity index (χ2v) is 7.18. The van der Waals surface area contributed by atoms with E-state index in [-0.39, 0.29) is 11.8 Å². The second-order valence-electron chi connectivity index (χ2n) is 4.62. The molecule has 0 atom stereocenters. The molecular weight excluding hydrogens is 388 g/mol. The summed E-state index contributed by atoms with van der Waals surface area (Å²) in [7, 11) is 1.58. The van der Waals surface area contributed by atoms with Gasteiger partial charge in [-0.1, -0.05) is 15.9 Å². The average molecular weight is 399 g/mol. The van der Waals surface area contributed by atoms with E-state index in [0.717, 1.165) is 4.47 Å². The quantitative estimate of drug-likeness (QED) is 0.796. The molecule has 0 unspecified atom stereocenters. The van der Waals surface area contributed by atoms with Crippen LogP contribution >= 0.6 is 39.5 Å². The van der Waals surface area contributed by atoms with Crippen molar-refractivity contribution in [3.63, 3.8) is 0 Å². The molecule has 22 heavy (non-hydrogen) atoms. The molecule has 1 aromatic carbocycles. The second kappa shape index (κ2) is 6.04. The molecule has 2 heterocycles. The van der Waals surface area contributed by atoms with Crippen LogP contribution in [0.4, 0.5) is 0 Å². The van der Waals surface area contributed by atoms with Crippen LogP contribution < -0.4 is 10.6 Å². The molecule has 0 spiro atoms. The SMILES string of the molecule is COCCn1c(O)c(C2=c3cc(Br)ccc3=NC2=O)sc1=S. The standard InChI is InChI=1S/C14H11BrN2O3S2/c1-20-5-4-17-13(19)11(22-14(17)21)10-8-6-7(15)2-3-9(8)16-12(10)18/h2-3,6,19H,4-5H2,1H3. The summed E-state index contributed by atoms with van der Waals surface area (Å²) in [5, 5.41) is 11.7. The van der Waals surface area contributed by atoms with Crippen molar-refractivity contribution in [2.75, 3.05) is 13.7 Å². The van der Waals surface area contributed by atoms with Crippen LogP contribution in [0.5, 0.6) is 5.88 Å². The summed E-state index contributed by atoms with van der Waals surface area (Å²) in [6, 6.07) is 5.41. The molecule has 1 N–H and O–H groups in total. The van der Waals surface area contributed by atoms with E-state index in [0.29, 0.717) is 38.1 Å². The summed E-state index contributed by atoms with van der Waals surface area (Å²) >= 11 is 9.86. The van der Waals surface area contributed by atoms with Gasteiger partial charge in [-0.3, -0.25) is 9.36 Å². The largest absolute Gasteiger partial charge is 0.493 e. The third-order valence-corrected chi connectivity index (χ3v) is 5.23. The lowest BCUT2D eigenvalue weighted by atomic mass is 10.1. The van der Waals surface area contributed by atoms with Crippen molar-refractivity contribution in [3.05, 3.63) is 42.1 Å². The van der Waals surface area contributed by atoms with E-state index in [9.17, 15) is 9.90 Å². The van der Waals surface area contributed by atoms with Gasteiger partial charge in [0.1, 0.15) is 4.88 Å². The van der Waals surface area contributed by atoms with Gasteiger partial charge in [-0.25, -0.2) is 4.99 Å². The third kappa shape index (κ3) is 2.56.